The number of carbonyl (C=O) groups excluding carboxylic acids is 1. The molecule has 8 nitrogen and oxygen atoms in total. The Morgan fingerprint density at radius 3 is 2.57 bits per heavy atom. The highest BCUT2D eigenvalue weighted by Gasteiger charge is 2.18. The van der Waals surface area contributed by atoms with Crippen molar-refractivity contribution in [2.75, 3.05) is 30.7 Å². The number of aromatic nitrogens is 2. The van der Waals surface area contributed by atoms with Crippen LogP contribution in [-0.4, -0.2) is 40.0 Å². The Morgan fingerprint density at radius 1 is 1.29 bits per heavy atom. The first-order chi connectivity index (χ1) is 10.0. The highest BCUT2D eigenvalue weighted by Crippen LogP contribution is 2.11. The van der Waals surface area contributed by atoms with Crippen molar-refractivity contribution in [3.8, 4) is 0 Å². The molecule has 1 fully saturated rings. The largest absolute Gasteiger partial charge is 0.383 e. The minimum atomic E-state index is -0.603. The summed E-state index contributed by atoms with van der Waals surface area (Å²) in [5.74, 6) is -0.0135. The van der Waals surface area contributed by atoms with Crippen molar-refractivity contribution in [2.45, 2.75) is 32.7 Å². The number of nitrogen functional groups attached to an aromatic ring is 1. The molecule has 0 unspecified atom stereocenters. The molecule has 0 aromatic carbocycles. The zero-order valence-corrected chi connectivity index (χ0v) is 12.1. The lowest BCUT2D eigenvalue weighted by Crippen LogP contribution is -2.40. The van der Waals surface area contributed by atoms with Crippen LogP contribution in [0.25, 0.3) is 0 Å². The molecule has 4 N–H and O–H groups in total. The summed E-state index contributed by atoms with van der Waals surface area (Å²) < 4.78 is 1.25. The average Bonchev–Trinajstić information content (AvgIpc) is 2.47. The molecule has 1 aromatic heterocycles. The van der Waals surface area contributed by atoms with Crippen molar-refractivity contribution in [1.29, 1.82) is 0 Å². The number of nitrogens with one attached hydrogen (secondary N) is 2. The second-order valence-electron chi connectivity index (χ2n) is 5.06. The van der Waals surface area contributed by atoms with E-state index in [4.69, 9.17) is 5.73 Å². The van der Waals surface area contributed by atoms with Gasteiger partial charge in [0.05, 0.1) is 6.54 Å². The minimum absolute atomic E-state index is 0.00476. The van der Waals surface area contributed by atoms with Gasteiger partial charge in [-0.25, -0.2) is 4.79 Å². The van der Waals surface area contributed by atoms with E-state index in [0.717, 1.165) is 32.4 Å². The number of piperidine rings is 1. The van der Waals surface area contributed by atoms with E-state index in [2.05, 4.69) is 10.3 Å². The molecule has 1 aromatic rings. The van der Waals surface area contributed by atoms with E-state index in [1.807, 2.05) is 0 Å². The summed E-state index contributed by atoms with van der Waals surface area (Å²) in [6.45, 7) is 3.59. The lowest BCUT2D eigenvalue weighted by Gasteiger charge is -2.27. The number of anilines is 2. The highest BCUT2D eigenvalue weighted by atomic mass is 16.2. The molecule has 0 saturated carbocycles. The summed E-state index contributed by atoms with van der Waals surface area (Å²) in [6.07, 6.45) is 3.16. The van der Waals surface area contributed by atoms with E-state index in [0.29, 0.717) is 6.54 Å². The first-order valence-corrected chi connectivity index (χ1v) is 7.18. The first-order valence-electron chi connectivity index (χ1n) is 7.18. The summed E-state index contributed by atoms with van der Waals surface area (Å²) in [5.41, 5.74) is 4.74. The van der Waals surface area contributed by atoms with Crippen LogP contribution >= 0.6 is 0 Å². The highest BCUT2D eigenvalue weighted by molar-refractivity contribution is 5.81. The average molecular weight is 295 g/mol. The number of nitrogens with two attached hydrogens (primary N) is 1. The van der Waals surface area contributed by atoms with Crippen LogP contribution in [0.3, 0.4) is 0 Å². The number of carbonyl (C=O) groups is 1. The fraction of sp³-hybridized carbons (Fsp3) is 0.615. The summed E-state index contributed by atoms with van der Waals surface area (Å²) in [7, 11) is 0. The second kappa shape index (κ2) is 6.47. The summed E-state index contributed by atoms with van der Waals surface area (Å²) in [6, 6.07) is 0. The first kappa shape index (κ1) is 15.1. The van der Waals surface area contributed by atoms with Crippen LogP contribution in [0.4, 0.5) is 11.5 Å². The quantitative estimate of drug-likeness (QED) is 0.697. The van der Waals surface area contributed by atoms with Crippen molar-refractivity contribution < 1.29 is 4.79 Å². The number of amides is 1. The van der Waals surface area contributed by atoms with Crippen LogP contribution < -0.4 is 22.3 Å². The van der Waals surface area contributed by atoms with Crippen molar-refractivity contribution in [3.63, 3.8) is 0 Å². The van der Waals surface area contributed by atoms with E-state index in [9.17, 15) is 14.4 Å². The summed E-state index contributed by atoms with van der Waals surface area (Å²) in [5, 5.41) is 2.76. The van der Waals surface area contributed by atoms with Crippen molar-refractivity contribution >= 4 is 17.4 Å². The molecule has 0 spiro atoms. The lowest BCUT2D eigenvalue weighted by atomic mass is 10.1. The van der Waals surface area contributed by atoms with E-state index in [1.165, 1.54) is 4.57 Å². The third-order valence-electron chi connectivity index (χ3n) is 3.68. The summed E-state index contributed by atoms with van der Waals surface area (Å²) >= 11 is 0. The van der Waals surface area contributed by atoms with Gasteiger partial charge < -0.3 is 16.0 Å². The van der Waals surface area contributed by atoms with Crippen molar-refractivity contribution in [3.05, 3.63) is 20.8 Å². The molecule has 8 heteroatoms. The lowest BCUT2D eigenvalue weighted by molar-refractivity contribution is -0.130. The van der Waals surface area contributed by atoms with Crippen molar-refractivity contribution in [1.82, 2.24) is 14.5 Å². The van der Waals surface area contributed by atoms with Crippen LogP contribution in [0.2, 0.25) is 0 Å². The Morgan fingerprint density at radius 2 is 1.95 bits per heavy atom. The molecule has 0 aliphatic carbocycles. The van der Waals surface area contributed by atoms with Gasteiger partial charge in [-0.05, 0) is 26.2 Å². The predicted octanol–water partition coefficient (Wildman–Crippen LogP) is -0.437. The normalized spacial score (nSPS) is 15.0. The fourth-order valence-electron chi connectivity index (χ4n) is 2.49. The zero-order chi connectivity index (χ0) is 15.4. The molecule has 21 heavy (non-hydrogen) atoms. The van der Waals surface area contributed by atoms with Gasteiger partial charge >= 0.3 is 5.69 Å². The van der Waals surface area contributed by atoms with Crippen molar-refractivity contribution in [2.24, 2.45) is 0 Å². The number of H-pyrrole nitrogens is 1. The third kappa shape index (κ3) is 3.26. The SMILES string of the molecule is CCn1c(N)c(NCC(=O)N2CCCCC2)c(=O)[nH]c1=O. The van der Waals surface area contributed by atoms with E-state index >= 15 is 0 Å². The Labute approximate surface area is 121 Å². The standard InChI is InChI=1S/C13H21N5O3/c1-2-18-11(14)10(12(20)16-13(18)21)15-8-9(19)17-6-4-3-5-7-17/h15H,2-8,14H2,1H3,(H,16,20,21). The van der Waals surface area contributed by atoms with Gasteiger partial charge in [-0.3, -0.25) is 19.1 Å². The monoisotopic (exact) mass is 295 g/mol. The zero-order valence-electron chi connectivity index (χ0n) is 12.1. The van der Waals surface area contributed by atoms with E-state index in [1.54, 1.807) is 11.8 Å². The number of aromatic amines is 1. The predicted molar refractivity (Wildman–Crippen MR) is 80.3 cm³/mol. The van der Waals surface area contributed by atoms with E-state index < -0.39 is 11.2 Å². The molecule has 1 aliphatic heterocycles. The van der Waals surface area contributed by atoms with E-state index in [-0.39, 0.29) is 24.0 Å². The van der Waals surface area contributed by atoms with Gasteiger partial charge in [0, 0.05) is 19.6 Å². The number of nitrogens with zero attached hydrogens (tertiary/aromatic N) is 2. The van der Waals surface area contributed by atoms with Gasteiger partial charge in [-0.1, -0.05) is 0 Å². The maximum Gasteiger partial charge on any atom is 0.330 e. The molecule has 1 aliphatic rings. The van der Waals surface area contributed by atoms with Crippen LogP contribution in [0.15, 0.2) is 9.59 Å². The Balaban J connectivity index is 2.11. The molecule has 2 rings (SSSR count). The molecule has 2 heterocycles. The Hall–Kier alpha value is -2.25. The fourth-order valence-corrected chi connectivity index (χ4v) is 2.49. The van der Waals surface area contributed by atoms with Gasteiger partial charge in [-0.15, -0.1) is 0 Å². The smallest absolute Gasteiger partial charge is 0.330 e. The van der Waals surface area contributed by atoms with Crippen LogP contribution in [0, 0.1) is 0 Å². The number of likely N-dealkylation sites (tertiary alicyclic amines) is 1. The van der Waals surface area contributed by atoms with Crippen LogP contribution in [0.1, 0.15) is 26.2 Å². The Kier molecular flexibility index (Phi) is 4.66. The maximum atomic E-state index is 12.1. The van der Waals surface area contributed by atoms with Gasteiger partial charge in [0.15, 0.2) is 0 Å². The molecular formula is C13H21N5O3. The van der Waals surface area contributed by atoms with Gasteiger partial charge in [0.2, 0.25) is 5.91 Å². The molecule has 0 radical (unpaired) electrons. The Bertz CT molecular complexity index is 628. The third-order valence-corrected chi connectivity index (χ3v) is 3.68. The maximum absolute atomic E-state index is 12.1. The van der Waals surface area contributed by atoms with Crippen LogP contribution in [0.5, 0.6) is 0 Å². The molecule has 0 bridgehead atoms. The summed E-state index contributed by atoms with van der Waals surface area (Å²) in [4.78, 5) is 39.4. The topological polar surface area (TPSA) is 113 Å². The molecule has 1 saturated heterocycles. The molecule has 0 atom stereocenters. The van der Waals surface area contributed by atoms with Gasteiger partial charge in [0.25, 0.3) is 5.56 Å². The number of hydrogen-bond acceptors (Lipinski definition) is 5. The molecular weight excluding hydrogens is 274 g/mol. The number of rotatable bonds is 4. The number of hydrogen-bond donors (Lipinski definition) is 3. The second-order valence-corrected chi connectivity index (χ2v) is 5.06. The minimum Gasteiger partial charge on any atom is -0.383 e. The van der Waals surface area contributed by atoms with Gasteiger partial charge in [-0.2, -0.15) is 0 Å². The molecule has 116 valence electrons. The molecule has 1 amide bonds. The van der Waals surface area contributed by atoms with Crippen LogP contribution in [-0.2, 0) is 11.3 Å². The van der Waals surface area contributed by atoms with Gasteiger partial charge in [0.1, 0.15) is 11.5 Å².